The van der Waals surface area contributed by atoms with Crippen LogP contribution in [0.15, 0.2) is 42.9 Å². The van der Waals surface area contributed by atoms with Crippen molar-refractivity contribution in [1.29, 1.82) is 0 Å². The van der Waals surface area contributed by atoms with Gasteiger partial charge >= 0.3 is 0 Å². The summed E-state index contributed by atoms with van der Waals surface area (Å²) in [7, 11) is 0. The SMILES string of the molecule is O=C(CCc1cccnc1)NCc1ccc(N2CCOCC2)nc1. The van der Waals surface area contributed by atoms with Crippen LogP contribution in [0, 0.1) is 0 Å². The monoisotopic (exact) mass is 326 g/mol. The Bertz CT molecular complexity index is 640. The van der Waals surface area contributed by atoms with Gasteiger partial charge in [0.05, 0.1) is 13.2 Å². The van der Waals surface area contributed by atoms with E-state index in [2.05, 4.69) is 20.2 Å². The Balaban J connectivity index is 1.43. The highest BCUT2D eigenvalue weighted by Crippen LogP contribution is 2.13. The summed E-state index contributed by atoms with van der Waals surface area (Å²) in [6.45, 7) is 3.74. The Hall–Kier alpha value is -2.47. The summed E-state index contributed by atoms with van der Waals surface area (Å²) < 4.78 is 5.34. The van der Waals surface area contributed by atoms with Crippen molar-refractivity contribution in [2.45, 2.75) is 19.4 Å². The number of ether oxygens (including phenoxy) is 1. The van der Waals surface area contributed by atoms with Crippen molar-refractivity contribution in [1.82, 2.24) is 15.3 Å². The first kappa shape index (κ1) is 16.4. The normalized spacial score (nSPS) is 14.4. The topological polar surface area (TPSA) is 67.4 Å². The molecule has 0 radical (unpaired) electrons. The third-order valence-corrected chi connectivity index (χ3v) is 4.00. The van der Waals surface area contributed by atoms with E-state index in [4.69, 9.17) is 4.74 Å². The molecule has 0 unspecified atom stereocenters. The van der Waals surface area contributed by atoms with E-state index in [9.17, 15) is 4.79 Å². The largest absolute Gasteiger partial charge is 0.378 e. The predicted octanol–water partition coefficient (Wildman–Crippen LogP) is 1.56. The number of nitrogens with zero attached hydrogens (tertiary/aromatic N) is 3. The van der Waals surface area contributed by atoms with Gasteiger partial charge in [-0.25, -0.2) is 4.98 Å². The number of carbonyl (C=O) groups excluding carboxylic acids is 1. The molecular weight excluding hydrogens is 304 g/mol. The molecule has 1 fully saturated rings. The highest BCUT2D eigenvalue weighted by Gasteiger charge is 2.12. The fourth-order valence-electron chi connectivity index (χ4n) is 2.59. The lowest BCUT2D eigenvalue weighted by Gasteiger charge is -2.27. The highest BCUT2D eigenvalue weighted by molar-refractivity contribution is 5.76. The zero-order valence-electron chi connectivity index (χ0n) is 13.6. The molecule has 3 heterocycles. The second-order valence-corrected chi connectivity index (χ2v) is 5.76. The number of hydrogen-bond donors (Lipinski definition) is 1. The predicted molar refractivity (Wildman–Crippen MR) is 91.7 cm³/mol. The molecule has 6 nitrogen and oxygen atoms in total. The highest BCUT2D eigenvalue weighted by atomic mass is 16.5. The Morgan fingerprint density at radius 1 is 1.17 bits per heavy atom. The Morgan fingerprint density at radius 2 is 2.04 bits per heavy atom. The van der Waals surface area contributed by atoms with Crippen molar-refractivity contribution in [2.24, 2.45) is 0 Å². The molecule has 1 aliphatic rings. The van der Waals surface area contributed by atoms with E-state index in [1.54, 1.807) is 12.4 Å². The zero-order valence-corrected chi connectivity index (χ0v) is 13.6. The maximum absolute atomic E-state index is 11.9. The smallest absolute Gasteiger partial charge is 0.220 e. The van der Waals surface area contributed by atoms with Crippen LogP contribution in [-0.4, -0.2) is 42.2 Å². The molecular formula is C18H22N4O2. The number of morpholine rings is 1. The van der Waals surface area contributed by atoms with Gasteiger partial charge in [0.2, 0.25) is 5.91 Å². The molecule has 0 aromatic carbocycles. The summed E-state index contributed by atoms with van der Waals surface area (Å²) in [5.74, 6) is 1.00. The maximum Gasteiger partial charge on any atom is 0.220 e. The van der Waals surface area contributed by atoms with Gasteiger partial charge in [-0.05, 0) is 29.7 Å². The molecule has 1 N–H and O–H groups in total. The summed E-state index contributed by atoms with van der Waals surface area (Å²) in [6.07, 6.45) is 6.52. The molecule has 0 bridgehead atoms. The van der Waals surface area contributed by atoms with Crippen molar-refractivity contribution in [3.63, 3.8) is 0 Å². The number of pyridine rings is 2. The Labute approximate surface area is 141 Å². The summed E-state index contributed by atoms with van der Waals surface area (Å²) >= 11 is 0. The van der Waals surface area contributed by atoms with Gasteiger partial charge in [0.1, 0.15) is 5.82 Å². The lowest BCUT2D eigenvalue weighted by molar-refractivity contribution is -0.121. The number of amides is 1. The van der Waals surface area contributed by atoms with E-state index in [-0.39, 0.29) is 5.91 Å². The zero-order chi connectivity index (χ0) is 16.6. The van der Waals surface area contributed by atoms with Gasteiger partial charge in [-0.2, -0.15) is 0 Å². The van der Waals surface area contributed by atoms with E-state index in [0.717, 1.165) is 43.2 Å². The maximum atomic E-state index is 11.9. The third-order valence-electron chi connectivity index (χ3n) is 4.00. The quantitative estimate of drug-likeness (QED) is 0.872. The second kappa shape index (κ2) is 8.40. The standard InChI is InChI=1S/C18H22N4O2/c23-18(6-4-15-2-1-7-19-12-15)21-14-16-3-5-17(20-13-16)22-8-10-24-11-9-22/h1-3,5,7,12-13H,4,6,8-11,14H2,(H,21,23). The molecule has 6 heteroatoms. The molecule has 0 saturated carbocycles. The van der Waals surface area contributed by atoms with Gasteiger partial charge in [-0.1, -0.05) is 12.1 Å². The summed E-state index contributed by atoms with van der Waals surface area (Å²) in [6, 6.07) is 7.88. The van der Waals surface area contributed by atoms with Gasteiger partial charge in [0.15, 0.2) is 0 Å². The molecule has 0 spiro atoms. The molecule has 1 amide bonds. The van der Waals surface area contributed by atoms with E-state index in [1.165, 1.54) is 0 Å². The average Bonchev–Trinajstić information content (AvgIpc) is 2.67. The van der Waals surface area contributed by atoms with E-state index >= 15 is 0 Å². The molecule has 2 aromatic heterocycles. The van der Waals surface area contributed by atoms with E-state index in [1.807, 2.05) is 30.5 Å². The van der Waals surface area contributed by atoms with Crippen LogP contribution in [0.1, 0.15) is 17.5 Å². The van der Waals surface area contributed by atoms with Crippen LogP contribution in [0.2, 0.25) is 0 Å². The number of anilines is 1. The summed E-state index contributed by atoms with van der Waals surface area (Å²) in [4.78, 5) is 22.7. The molecule has 24 heavy (non-hydrogen) atoms. The van der Waals surface area contributed by atoms with Crippen LogP contribution in [0.3, 0.4) is 0 Å². The fraction of sp³-hybridized carbons (Fsp3) is 0.389. The van der Waals surface area contributed by atoms with Crippen molar-refractivity contribution in [3.05, 3.63) is 54.0 Å². The average molecular weight is 326 g/mol. The first-order chi connectivity index (χ1) is 11.8. The van der Waals surface area contributed by atoms with Crippen LogP contribution >= 0.6 is 0 Å². The summed E-state index contributed by atoms with van der Waals surface area (Å²) in [5, 5.41) is 2.94. The van der Waals surface area contributed by atoms with Gasteiger partial charge in [-0.3, -0.25) is 9.78 Å². The van der Waals surface area contributed by atoms with E-state index < -0.39 is 0 Å². The first-order valence-corrected chi connectivity index (χ1v) is 8.24. The van der Waals surface area contributed by atoms with Crippen LogP contribution in [-0.2, 0) is 22.5 Å². The van der Waals surface area contributed by atoms with Gasteiger partial charge in [0, 0.05) is 44.6 Å². The Kier molecular flexibility index (Phi) is 5.74. The lowest BCUT2D eigenvalue weighted by atomic mass is 10.1. The van der Waals surface area contributed by atoms with Crippen molar-refractivity contribution in [2.75, 3.05) is 31.2 Å². The first-order valence-electron chi connectivity index (χ1n) is 8.24. The molecule has 1 saturated heterocycles. The number of rotatable bonds is 6. The van der Waals surface area contributed by atoms with Crippen LogP contribution in [0.4, 0.5) is 5.82 Å². The molecule has 0 atom stereocenters. The van der Waals surface area contributed by atoms with Crippen LogP contribution in [0.25, 0.3) is 0 Å². The second-order valence-electron chi connectivity index (χ2n) is 5.76. The molecule has 0 aliphatic carbocycles. The fourth-order valence-corrected chi connectivity index (χ4v) is 2.59. The third kappa shape index (κ3) is 4.76. The van der Waals surface area contributed by atoms with E-state index in [0.29, 0.717) is 19.4 Å². The summed E-state index contributed by atoms with van der Waals surface area (Å²) in [5.41, 5.74) is 2.07. The number of nitrogens with one attached hydrogen (secondary N) is 1. The van der Waals surface area contributed by atoms with Crippen molar-refractivity contribution >= 4 is 11.7 Å². The lowest BCUT2D eigenvalue weighted by Crippen LogP contribution is -2.36. The minimum absolute atomic E-state index is 0.0381. The van der Waals surface area contributed by atoms with Gasteiger partial charge < -0.3 is 15.0 Å². The van der Waals surface area contributed by atoms with Gasteiger partial charge in [-0.15, -0.1) is 0 Å². The van der Waals surface area contributed by atoms with Crippen molar-refractivity contribution in [3.8, 4) is 0 Å². The van der Waals surface area contributed by atoms with Gasteiger partial charge in [0.25, 0.3) is 0 Å². The Morgan fingerprint density at radius 3 is 2.75 bits per heavy atom. The molecule has 3 rings (SSSR count). The molecule has 2 aromatic rings. The number of aromatic nitrogens is 2. The number of carbonyl (C=O) groups is 1. The minimum atomic E-state index is 0.0381. The van der Waals surface area contributed by atoms with Crippen molar-refractivity contribution < 1.29 is 9.53 Å². The number of hydrogen-bond acceptors (Lipinski definition) is 5. The molecule has 1 aliphatic heterocycles. The van der Waals surface area contributed by atoms with Crippen LogP contribution in [0.5, 0.6) is 0 Å². The minimum Gasteiger partial charge on any atom is -0.378 e. The molecule has 126 valence electrons. The number of aryl methyl sites for hydroxylation is 1. The van der Waals surface area contributed by atoms with Crippen LogP contribution < -0.4 is 10.2 Å².